The maximum absolute atomic E-state index is 12.1. The molecule has 100 valence electrons. The third-order valence-corrected chi connectivity index (χ3v) is 3.48. The van der Waals surface area contributed by atoms with Crippen LogP contribution in [0.4, 0.5) is 5.69 Å². The van der Waals surface area contributed by atoms with E-state index in [9.17, 15) is 4.79 Å². The monoisotopic (exact) mass is 328 g/mol. The maximum Gasteiger partial charge on any atom is 0.228 e. The molecule has 1 N–H and O–H groups in total. The number of carbonyl (C=O) groups is 1. The minimum absolute atomic E-state index is 0.131. The van der Waals surface area contributed by atoms with E-state index in [1.54, 1.807) is 18.2 Å². The lowest BCUT2D eigenvalue weighted by atomic mass is 10.1. The molecule has 2 rings (SSSR count). The Hall–Kier alpha value is -2.12. The number of hydrogen-bond donors (Lipinski definition) is 1. The maximum atomic E-state index is 12.1. The predicted molar refractivity (Wildman–Crippen MR) is 82.4 cm³/mol. The minimum atomic E-state index is -0.131. The molecule has 2 aromatic carbocycles. The number of nitriles is 1. The summed E-state index contributed by atoms with van der Waals surface area (Å²) in [6.07, 6.45) is 0.296. The van der Waals surface area contributed by atoms with Crippen molar-refractivity contribution in [2.75, 3.05) is 5.32 Å². The quantitative estimate of drug-likeness (QED) is 0.931. The number of carbonyl (C=O) groups excluding carboxylic acids is 1. The molecule has 20 heavy (non-hydrogen) atoms. The van der Waals surface area contributed by atoms with Crippen LogP contribution in [-0.2, 0) is 11.2 Å². The standard InChI is InChI=1S/C16H13BrN2O/c1-11-4-2-3-5-12(11)8-16(20)19-15-9-14(17)7-6-13(15)10-18/h2-7,9H,8H2,1H3,(H,19,20). The second-order valence-corrected chi connectivity index (χ2v) is 5.37. The van der Waals surface area contributed by atoms with Gasteiger partial charge in [0.15, 0.2) is 0 Å². The number of nitrogens with zero attached hydrogens (tertiary/aromatic N) is 1. The fourth-order valence-electron chi connectivity index (χ4n) is 1.89. The Morgan fingerprint density at radius 3 is 2.75 bits per heavy atom. The molecule has 0 unspecified atom stereocenters. The Morgan fingerprint density at radius 1 is 1.30 bits per heavy atom. The molecule has 2 aromatic rings. The molecule has 0 saturated carbocycles. The number of hydrogen-bond acceptors (Lipinski definition) is 2. The fourth-order valence-corrected chi connectivity index (χ4v) is 2.25. The molecule has 3 nitrogen and oxygen atoms in total. The summed E-state index contributed by atoms with van der Waals surface area (Å²) in [5.74, 6) is -0.131. The van der Waals surface area contributed by atoms with Gasteiger partial charge in [-0.1, -0.05) is 40.2 Å². The van der Waals surface area contributed by atoms with Crippen LogP contribution in [0.1, 0.15) is 16.7 Å². The number of rotatable bonds is 3. The summed E-state index contributed by atoms with van der Waals surface area (Å²) in [5.41, 5.74) is 3.04. The first-order valence-corrected chi connectivity index (χ1v) is 6.93. The van der Waals surface area contributed by atoms with Gasteiger partial charge in [0.2, 0.25) is 5.91 Å². The average Bonchev–Trinajstić information content (AvgIpc) is 2.41. The topological polar surface area (TPSA) is 52.9 Å². The highest BCUT2D eigenvalue weighted by molar-refractivity contribution is 9.10. The van der Waals surface area contributed by atoms with Crippen LogP contribution in [0.25, 0.3) is 0 Å². The third kappa shape index (κ3) is 3.46. The van der Waals surface area contributed by atoms with E-state index in [2.05, 4.69) is 27.3 Å². The molecule has 1 amide bonds. The fraction of sp³-hybridized carbons (Fsp3) is 0.125. The van der Waals surface area contributed by atoms with Gasteiger partial charge in [0.05, 0.1) is 17.7 Å². The van der Waals surface area contributed by atoms with Crippen molar-refractivity contribution in [1.82, 2.24) is 0 Å². The van der Waals surface area contributed by atoms with Gasteiger partial charge < -0.3 is 5.32 Å². The highest BCUT2D eigenvalue weighted by Gasteiger charge is 2.09. The number of halogens is 1. The molecule has 0 heterocycles. The van der Waals surface area contributed by atoms with Crippen molar-refractivity contribution in [2.24, 2.45) is 0 Å². The van der Waals surface area contributed by atoms with E-state index < -0.39 is 0 Å². The molecular weight excluding hydrogens is 316 g/mol. The Labute approximate surface area is 126 Å². The SMILES string of the molecule is Cc1ccccc1CC(=O)Nc1cc(Br)ccc1C#N. The number of benzene rings is 2. The van der Waals surface area contributed by atoms with Crippen molar-refractivity contribution in [3.63, 3.8) is 0 Å². The molecule has 0 aliphatic rings. The molecular formula is C16H13BrN2O. The van der Waals surface area contributed by atoms with Gasteiger partial charge in [0.25, 0.3) is 0 Å². The van der Waals surface area contributed by atoms with Crippen LogP contribution in [0.2, 0.25) is 0 Å². The third-order valence-electron chi connectivity index (χ3n) is 2.99. The van der Waals surface area contributed by atoms with Gasteiger partial charge in [0.1, 0.15) is 6.07 Å². The summed E-state index contributed by atoms with van der Waals surface area (Å²) < 4.78 is 0.822. The summed E-state index contributed by atoms with van der Waals surface area (Å²) in [6, 6.07) is 15.0. The predicted octanol–water partition coefficient (Wildman–Crippen LogP) is 3.81. The van der Waals surface area contributed by atoms with Crippen LogP contribution in [0.15, 0.2) is 46.9 Å². The molecule has 4 heteroatoms. The van der Waals surface area contributed by atoms with Crippen molar-refractivity contribution in [3.05, 3.63) is 63.6 Å². The number of anilines is 1. The first kappa shape index (κ1) is 14.3. The molecule has 0 spiro atoms. The van der Waals surface area contributed by atoms with Crippen molar-refractivity contribution in [1.29, 1.82) is 5.26 Å². The van der Waals surface area contributed by atoms with Crippen LogP contribution in [0, 0.1) is 18.3 Å². The van der Waals surface area contributed by atoms with Gasteiger partial charge in [-0.15, -0.1) is 0 Å². The number of amides is 1. The highest BCUT2D eigenvalue weighted by Crippen LogP contribution is 2.21. The van der Waals surface area contributed by atoms with Gasteiger partial charge in [-0.3, -0.25) is 4.79 Å². The van der Waals surface area contributed by atoms with Crippen molar-refractivity contribution in [2.45, 2.75) is 13.3 Å². The molecule has 0 bridgehead atoms. The molecule has 0 aliphatic carbocycles. The average molecular weight is 329 g/mol. The van der Waals surface area contributed by atoms with Crippen molar-refractivity contribution < 1.29 is 4.79 Å². The molecule has 0 fully saturated rings. The smallest absolute Gasteiger partial charge is 0.228 e. The zero-order chi connectivity index (χ0) is 14.5. The van der Waals surface area contributed by atoms with E-state index in [0.29, 0.717) is 17.7 Å². The van der Waals surface area contributed by atoms with E-state index in [1.807, 2.05) is 31.2 Å². The van der Waals surface area contributed by atoms with Crippen LogP contribution in [-0.4, -0.2) is 5.91 Å². The van der Waals surface area contributed by atoms with E-state index >= 15 is 0 Å². The Kier molecular flexibility index (Phi) is 4.54. The first-order valence-electron chi connectivity index (χ1n) is 6.14. The van der Waals surface area contributed by atoms with Gasteiger partial charge in [-0.2, -0.15) is 5.26 Å². The molecule has 0 aliphatic heterocycles. The van der Waals surface area contributed by atoms with Crippen LogP contribution in [0.5, 0.6) is 0 Å². The second kappa shape index (κ2) is 6.36. The van der Waals surface area contributed by atoms with E-state index in [0.717, 1.165) is 15.6 Å². The largest absolute Gasteiger partial charge is 0.325 e. The van der Waals surface area contributed by atoms with Gasteiger partial charge >= 0.3 is 0 Å². The van der Waals surface area contributed by atoms with Gasteiger partial charge in [0, 0.05) is 4.47 Å². The lowest BCUT2D eigenvalue weighted by molar-refractivity contribution is -0.115. The summed E-state index contributed by atoms with van der Waals surface area (Å²) >= 11 is 3.33. The molecule has 0 aromatic heterocycles. The van der Waals surface area contributed by atoms with E-state index in [1.165, 1.54) is 0 Å². The Bertz CT molecular complexity index is 689. The molecule has 0 atom stereocenters. The molecule has 0 radical (unpaired) electrons. The summed E-state index contributed by atoms with van der Waals surface area (Å²) in [7, 11) is 0. The highest BCUT2D eigenvalue weighted by atomic mass is 79.9. The summed E-state index contributed by atoms with van der Waals surface area (Å²) in [5, 5.41) is 11.8. The van der Waals surface area contributed by atoms with Gasteiger partial charge in [-0.25, -0.2) is 0 Å². The Morgan fingerprint density at radius 2 is 2.05 bits per heavy atom. The lowest BCUT2D eigenvalue weighted by Crippen LogP contribution is -2.15. The Balaban J connectivity index is 2.15. The number of aryl methyl sites for hydroxylation is 1. The lowest BCUT2D eigenvalue weighted by Gasteiger charge is -2.09. The first-order chi connectivity index (χ1) is 9.60. The zero-order valence-electron chi connectivity index (χ0n) is 11.0. The van der Waals surface area contributed by atoms with Gasteiger partial charge in [-0.05, 0) is 36.2 Å². The van der Waals surface area contributed by atoms with Crippen LogP contribution < -0.4 is 5.32 Å². The summed E-state index contributed by atoms with van der Waals surface area (Å²) in [4.78, 5) is 12.1. The van der Waals surface area contributed by atoms with Crippen molar-refractivity contribution in [3.8, 4) is 6.07 Å². The number of nitrogens with one attached hydrogen (secondary N) is 1. The molecule has 0 saturated heterocycles. The zero-order valence-corrected chi connectivity index (χ0v) is 12.6. The normalized spacial score (nSPS) is 9.85. The minimum Gasteiger partial charge on any atom is -0.325 e. The van der Waals surface area contributed by atoms with Crippen LogP contribution >= 0.6 is 15.9 Å². The van der Waals surface area contributed by atoms with Crippen LogP contribution in [0.3, 0.4) is 0 Å². The van der Waals surface area contributed by atoms with E-state index in [4.69, 9.17) is 5.26 Å². The summed E-state index contributed by atoms with van der Waals surface area (Å²) in [6.45, 7) is 1.97. The second-order valence-electron chi connectivity index (χ2n) is 4.45. The van der Waals surface area contributed by atoms with E-state index in [-0.39, 0.29) is 5.91 Å². The van der Waals surface area contributed by atoms with Crippen molar-refractivity contribution >= 4 is 27.5 Å².